The Morgan fingerprint density at radius 1 is 1.07 bits per heavy atom. The van der Waals surface area contributed by atoms with E-state index in [2.05, 4.69) is 29.7 Å². The fraction of sp³-hybridized carbons (Fsp3) is 0.391. The van der Waals surface area contributed by atoms with Gasteiger partial charge in [0.05, 0.1) is 17.3 Å². The minimum Gasteiger partial charge on any atom is -0.339 e. The van der Waals surface area contributed by atoms with Crippen molar-refractivity contribution in [3.8, 4) is 0 Å². The van der Waals surface area contributed by atoms with Crippen LogP contribution in [0.2, 0.25) is 0 Å². The highest BCUT2D eigenvalue weighted by molar-refractivity contribution is 6.04. The SMILES string of the molecule is CCc1ccc(C(C)NC(=O)Nc2cccc(C)c2C(=O)N2CCCC2)cc1. The summed E-state index contributed by atoms with van der Waals surface area (Å²) in [5.41, 5.74) is 4.33. The Kier molecular flexibility index (Phi) is 6.34. The van der Waals surface area contributed by atoms with Crippen LogP contribution >= 0.6 is 0 Å². The third kappa shape index (κ3) is 4.53. The molecule has 2 aromatic rings. The molecule has 5 heteroatoms. The lowest BCUT2D eigenvalue weighted by Crippen LogP contribution is -2.33. The largest absolute Gasteiger partial charge is 0.339 e. The number of anilines is 1. The zero-order valence-corrected chi connectivity index (χ0v) is 16.9. The third-order valence-corrected chi connectivity index (χ3v) is 5.36. The number of hydrogen-bond donors (Lipinski definition) is 2. The predicted octanol–water partition coefficient (Wildman–Crippen LogP) is 4.68. The molecule has 1 atom stereocenters. The van der Waals surface area contributed by atoms with Gasteiger partial charge in [0.2, 0.25) is 0 Å². The molecule has 1 saturated heterocycles. The van der Waals surface area contributed by atoms with Crippen molar-refractivity contribution in [1.82, 2.24) is 10.2 Å². The molecule has 0 spiro atoms. The Morgan fingerprint density at radius 3 is 2.39 bits per heavy atom. The molecule has 148 valence electrons. The summed E-state index contributed by atoms with van der Waals surface area (Å²) in [7, 11) is 0. The first-order valence-corrected chi connectivity index (χ1v) is 10.0. The van der Waals surface area contributed by atoms with Gasteiger partial charge in [-0.3, -0.25) is 4.79 Å². The van der Waals surface area contributed by atoms with E-state index in [-0.39, 0.29) is 18.0 Å². The van der Waals surface area contributed by atoms with E-state index in [1.807, 2.05) is 43.0 Å². The van der Waals surface area contributed by atoms with Crippen molar-refractivity contribution < 1.29 is 9.59 Å². The summed E-state index contributed by atoms with van der Waals surface area (Å²) in [4.78, 5) is 27.4. The minimum absolute atomic E-state index is 0.00546. The Labute approximate surface area is 167 Å². The van der Waals surface area contributed by atoms with Crippen LogP contribution in [0.5, 0.6) is 0 Å². The fourth-order valence-electron chi connectivity index (χ4n) is 3.61. The number of aryl methyl sites for hydroxylation is 2. The summed E-state index contributed by atoms with van der Waals surface area (Å²) in [5.74, 6) is -0.00546. The molecule has 1 unspecified atom stereocenters. The number of amides is 3. The summed E-state index contributed by atoms with van der Waals surface area (Å²) < 4.78 is 0. The number of benzene rings is 2. The maximum Gasteiger partial charge on any atom is 0.319 e. The van der Waals surface area contributed by atoms with E-state index in [1.54, 1.807) is 6.07 Å². The zero-order valence-electron chi connectivity index (χ0n) is 16.9. The summed E-state index contributed by atoms with van der Waals surface area (Å²) in [5, 5.41) is 5.84. The van der Waals surface area contributed by atoms with Gasteiger partial charge in [0, 0.05) is 13.1 Å². The molecule has 0 aromatic heterocycles. The third-order valence-electron chi connectivity index (χ3n) is 5.36. The topological polar surface area (TPSA) is 61.4 Å². The number of urea groups is 1. The van der Waals surface area contributed by atoms with Crippen molar-refractivity contribution in [2.45, 2.75) is 46.1 Å². The van der Waals surface area contributed by atoms with Crippen molar-refractivity contribution in [3.63, 3.8) is 0 Å². The van der Waals surface area contributed by atoms with Gasteiger partial charge in [0.15, 0.2) is 0 Å². The van der Waals surface area contributed by atoms with Crippen molar-refractivity contribution >= 4 is 17.6 Å². The molecule has 0 aliphatic carbocycles. The number of carbonyl (C=O) groups is 2. The van der Waals surface area contributed by atoms with Gasteiger partial charge in [0.1, 0.15) is 0 Å². The van der Waals surface area contributed by atoms with Crippen LogP contribution in [0.15, 0.2) is 42.5 Å². The predicted molar refractivity (Wildman–Crippen MR) is 113 cm³/mol. The van der Waals surface area contributed by atoms with Crippen LogP contribution in [-0.2, 0) is 6.42 Å². The van der Waals surface area contributed by atoms with Crippen LogP contribution in [0.1, 0.15) is 59.8 Å². The lowest BCUT2D eigenvalue weighted by Gasteiger charge is -2.21. The average molecular weight is 380 g/mol. The minimum atomic E-state index is -0.312. The zero-order chi connectivity index (χ0) is 20.1. The molecule has 1 aliphatic rings. The number of rotatable bonds is 5. The van der Waals surface area contributed by atoms with Gasteiger partial charge in [0.25, 0.3) is 5.91 Å². The van der Waals surface area contributed by atoms with Crippen LogP contribution in [0, 0.1) is 6.92 Å². The monoisotopic (exact) mass is 379 g/mol. The molecular formula is C23H29N3O2. The Bertz CT molecular complexity index is 839. The van der Waals surface area contributed by atoms with E-state index in [4.69, 9.17) is 0 Å². The van der Waals surface area contributed by atoms with E-state index in [9.17, 15) is 9.59 Å². The van der Waals surface area contributed by atoms with Gasteiger partial charge in [-0.2, -0.15) is 0 Å². The summed E-state index contributed by atoms with van der Waals surface area (Å²) in [6.45, 7) is 7.54. The molecule has 1 aliphatic heterocycles. The molecule has 2 aromatic carbocycles. The number of carbonyl (C=O) groups excluding carboxylic acids is 2. The highest BCUT2D eigenvalue weighted by Gasteiger charge is 2.24. The van der Waals surface area contributed by atoms with E-state index in [0.29, 0.717) is 11.3 Å². The number of nitrogens with zero attached hydrogens (tertiary/aromatic N) is 1. The van der Waals surface area contributed by atoms with Crippen LogP contribution in [0.25, 0.3) is 0 Å². The smallest absolute Gasteiger partial charge is 0.319 e. The van der Waals surface area contributed by atoms with Gasteiger partial charge >= 0.3 is 6.03 Å². The number of hydrogen-bond acceptors (Lipinski definition) is 2. The standard InChI is InChI=1S/C23H29N3O2/c1-4-18-10-12-19(13-11-18)17(3)24-23(28)25-20-9-7-8-16(2)21(20)22(27)26-14-5-6-15-26/h7-13,17H,4-6,14-15H2,1-3H3,(H2,24,25,28). The van der Waals surface area contributed by atoms with Gasteiger partial charge in [-0.1, -0.05) is 43.3 Å². The van der Waals surface area contributed by atoms with Gasteiger partial charge < -0.3 is 15.5 Å². The molecule has 28 heavy (non-hydrogen) atoms. The van der Waals surface area contributed by atoms with E-state index < -0.39 is 0 Å². The van der Waals surface area contributed by atoms with Crippen molar-refractivity contribution in [3.05, 3.63) is 64.7 Å². The van der Waals surface area contributed by atoms with Crippen LogP contribution in [0.3, 0.4) is 0 Å². The highest BCUT2D eigenvalue weighted by atomic mass is 16.2. The first-order valence-electron chi connectivity index (χ1n) is 10.0. The van der Waals surface area contributed by atoms with Gasteiger partial charge in [-0.15, -0.1) is 0 Å². The summed E-state index contributed by atoms with van der Waals surface area (Å²) in [6, 6.07) is 13.4. The molecular weight excluding hydrogens is 350 g/mol. The van der Waals surface area contributed by atoms with Crippen LogP contribution < -0.4 is 10.6 Å². The fourth-order valence-corrected chi connectivity index (χ4v) is 3.61. The molecule has 3 rings (SSSR count). The Hall–Kier alpha value is -2.82. The molecule has 1 fully saturated rings. The molecule has 0 saturated carbocycles. The van der Waals surface area contributed by atoms with Crippen molar-refractivity contribution in [2.24, 2.45) is 0 Å². The molecule has 5 nitrogen and oxygen atoms in total. The van der Waals surface area contributed by atoms with Crippen LogP contribution in [0.4, 0.5) is 10.5 Å². The molecule has 0 bridgehead atoms. The second kappa shape index (κ2) is 8.91. The molecule has 1 heterocycles. The number of likely N-dealkylation sites (tertiary alicyclic amines) is 1. The lowest BCUT2D eigenvalue weighted by molar-refractivity contribution is 0.0793. The van der Waals surface area contributed by atoms with Crippen molar-refractivity contribution in [1.29, 1.82) is 0 Å². The van der Waals surface area contributed by atoms with E-state index >= 15 is 0 Å². The van der Waals surface area contributed by atoms with Gasteiger partial charge in [-0.25, -0.2) is 4.79 Å². The van der Waals surface area contributed by atoms with E-state index in [0.717, 1.165) is 43.5 Å². The summed E-state index contributed by atoms with van der Waals surface area (Å²) >= 11 is 0. The molecule has 2 N–H and O–H groups in total. The number of nitrogens with one attached hydrogen (secondary N) is 2. The van der Waals surface area contributed by atoms with E-state index in [1.165, 1.54) is 5.56 Å². The summed E-state index contributed by atoms with van der Waals surface area (Å²) in [6.07, 6.45) is 3.06. The lowest BCUT2D eigenvalue weighted by atomic mass is 10.0. The maximum atomic E-state index is 12.9. The van der Waals surface area contributed by atoms with Gasteiger partial charge in [-0.05, 0) is 55.9 Å². The maximum absolute atomic E-state index is 12.9. The Balaban J connectivity index is 1.71. The first-order chi connectivity index (χ1) is 13.5. The molecule has 0 radical (unpaired) electrons. The Morgan fingerprint density at radius 2 is 1.75 bits per heavy atom. The second-order valence-electron chi connectivity index (χ2n) is 7.41. The molecule has 3 amide bonds. The van der Waals surface area contributed by atoms with Crippen LogP contribution in [-0.4, -0.2) is 29.9 Å². The highest BCUT2D eigenvalue weighted by Crippen LogP contribution is 2.24. The quantitative estimate of drug-likeness (QED) is 0.793. The van der Waals surface area contributed by atoms with Crippen molar-refractivity contribution in [2.75, 3.05) is 18.4 Å². The average Bonchev–Trinajstić information content (AvgIpc) is 3.22. The normalized spacial score (nSPS) is 14.6. The second-order valence-corrected chi connectivity index (χ2v) is 7.41. The first kappa shape index (κ1) is 19.9.